The Bertz CT molecular complexity index is 800. The van der Waals surface area contributed by atoms with Gasteiger partial charge in [0.2, 0.25) is 0 Å². The van der Waals surface area contributed by atoms with Crippen LogP contribution in [0, 0.1) is 0 Å². The van der Waals surface area contributed by atoms with Crippen LogP contribution in [0.1, 0.15) is 33.5 Å². The molecule has 128 valence electrons. The number of nitrogens with one attached hydrogen (secondary N) is 1. The molecule has 0 fully saturated rings. The van der Waals surface area contributed by atoms with Gasteiger partial charge in [-0.3, -0.25) is 4.79 Å². The van der Waals surface area contributed by atoms with Crippen LogP contribution in [-0.4, -0.2) is 17.4 Å². The zero-order valence-corrected chi connectivity index (χ0v) is 13.9. The van der Waals surface area contributed by atoms with E-state index in [1.54, 1.807) is 0 Å². The van der Waals surface area contributed by atoms with Gasteiger partial charge >= 0.3 is 0 Å². The van der Waals surface area contributed by atoms with Crippen molar-refractivity contribution in [2.45, 2.75) is 18.9 Å². The van der Waals surface area contributed by atoms with Gasteiger partial charge in [0.15, 0.2) is 11.6 Å². The smallest absolute Gasteiger partial charge is 0.273 e. The van der Waals surface area contributed by atoms with Gasteiger partial charge in [0.1, 0.15) is 6.26 Å². The Labute approximate surface area is 146 Å². The maximum atomic E-state index is 12.6. The molecular weight excluding hydrogens is 314 g/mol. The van der Waals surface area contributed by atoms with E-state index in [1.807, 2.05) is 48.5 Å². The third-order valence-corrected chi connectivity index (χ3v) is 3.93. The quantitative estimate of drug-likeness (QED) is 0.695. The first-order chi connectivity index (χ1) is 12.3. The summed E-state index contributed by atoms with van der Waals surface area (Å²) in [6.07, 6.45) is 2.59. The number of nitrogens with two attached hydrogens (primary N) is 1. The molecule has 0 aliphatic heterocycles. The summed E-state index contributed by atoms with van der Waals surface area (Å²) in [5.74, 6) is 0.226. The molecule has 0 bridgehead atoms. The largest absolute Gasteiger partial charge is 0.448 e. The third-order valence-electron chi connectivity index (χ3n) is 3.93. The first-order valence-corrected chi connectivity index (χ1v) is 8.30. The molecular formula is C20H21N3O2. The molecule has 25 heavy (non-hydrogen) atoms. The first kappa shape index (κ1) is 16.9. The van der Waals surface area contributed by atoms with Gasteiger partial charge in [0.25, 0.3) is 5.91 Å². The van der Waals surface area contributed by atoms with Gasteiger partial charge in [-0.15, -0.1) is 0 Å². The highest BCUT2D eigenvalue weighted by atomic mass is 16.3. The van der Waals surface area contributed by atoms with Crippen LogP contribution in [0.15, 0.2) is 71.3 Å². The molecule has 0 aliphatic rings. The number of hydrogen-bond acceptors (Lipinski definition) is 4. The van der Waals surface area contributed by atoms with Crippen LogP contribution in [0.25, 0.3) is 0 Å². The highest BCUT2D eigenvalue weighted by molar-refractivity contribution is 5.92. The second-order valence-electron chi connectivity index (χ2n) is 5.79. The Morgan fingerprint density at radius 3 is 2.44 bits per heavy atom. The van der Waals surface area contributed by atoms with Crippen LogP contribution < -0.4 is 11.1 Å². The number of carbonyl (C=O) groups is 1. The van der Waals surface area contributed by atoms with Crippen LogP contribution in [-0.2, 0) is 12.8 Å². The highest BCUT2D eigenvalue weighted by Gasteiger charge is 2.19. The molecule has 3 rings (SSSR count). The molecule has 1 aromatic heterocycles. The Hall–Kier alpha value is -2.92. The minimum atomic E-state index is -0.253. The topological polar surface area (TPSA) is 81.1 Å². The molecule has 0 aliphatic carbocycles. The number of amides is 1. The monoisotopic (exact) mass is 335 g/mol. The van der Waals surface area contributed by atoms with Crippen molar-refractivity contribution in [3.05, 3.63) is 89.6 Å². The Morgan fingerprint density at radius 2 is 1.76 bits per heavy atom. The van der Waals surface area contributed by atoms with Crippen molar-refractivity contribution in [2.24, 2.45) is 5.73 Å². The summed E-state index contributed by atoms with van der Waals surface area (Å²) in [6, 6.07) is 19.8. The van der Waals surface area contributed by atoms with E-state index in [0.717, 1.165) is 11.1 Å². The molecule has 1 amide bonds. The Morgan fingerprint density at radius 1 is 1.08 bits per heavy atom. The van der Waals surface area contributed by atoms with Crippen LogP contribution in [0.3, 0.4) is 0 Å². The van der Waals surface area contributed by atoms with E-state index >= 15 is 0 Å². The standard InChI is InChI=1S/C20H21N3O2/c21-12-11-19-22-18(14-25-19)20(24)23-17(16-9-5-2-6-10-16)13-15-7-3-1-4-8-15/h1-10,14,17H,11-13,21H2,(H,23,24). The lowest BCUT2D eigenvalue weighted by Crippen LogP contribution is -2.30. The molecule has 2 aromatic carbocycles. The number of aromatic nitrogens is 1. The Kier molecular flexibility index (Phi) is 5.59. The molecule has 1 heterocycles. The van der Waals surface area contributed by atoms with Gasteiger partial charge in [-0.2, -0.15) is 0 Å². The van der Waals surface area contributed by atoms with Crippen molar-refractivity contribution in [1.82, 2.24) is 10.3 Å². The summed E-state index contributed by atoms with van der Waals surface area (Å²) in [6.45, 7) is 0.433. The molecule has 5 heteroatoms. The minimum Gasteiger partial charge on any atom is -0.448 e. The lowest BCUT2D eigenvalue weighted by molar-refractivity contribution is 0.0931. The summed E-state index contributed by atoms with van der Waals surface area (Å²) in [5.41, 5.74) is 7.96. The maximum Gasteiger partial charge on any atom is 0.273 e. The number of hydrogen-bond donors (Lipinski definition) is 2. The molecule has 1 unspecified atom stereocenters. The number of benzene rings is 2. The third kappa shape index (κ3) is 4.55. The average molecular weight is 335 g/mol. The van der Waals surface area contributed by atoms with Gasteiger partial charge in [-0.1, -0.05) is 60.7 Å². The summed E-state index contributed by atoms with van der Waals surface area (Å²) in [4.78, 5) is 16.8. The normalized spacial score (nSPS) is 11.9. The van der Waals surface area contributed by atoms with Crippen molar-refractivity contribution in [3.63, 3.8) is 0 Å². The van der Waals surface area contributed by atoms with Crippen molar-refractivity contribution < 1.29 is 9.21 Å². The van der Waals surface area contributed by atoms with Crippen LogP contribution in [0.4, 0.5) is 0 Å². The summed E-state index contributed by atoms with van der Waals surface area (Å²) in [5, 5.41) is 3.06. The van der Waals surface area contributed by atoms with Crippen LogP contribution >= 0.6 is 0 Å². The van der Waals surface area contributed by atoms with Gasteiger partial charge in [0, 0.05) is 13.0 Å². The number of rotatable bonds is 7. The first-order valence-electron chi connectivity index (χ1n) is 8.30. The van der Waals surface area contributed by atoms with Crippen molar-refractivity contribution in [1.29, 1.82) is 0 Å². The van der Waals surface area contributed by atoms with E-state index in [2.05, 4.69) is 22.4 Å². The van der Waals surface area contributed by atoms with Gasteiger partial charge < -0.3 is 15.5 Å². The molecule has 0 saturated carbocycles. The summed E-state index contributed by atoms with van der Waals surface area (Å²) in [7, 11) is 0. The van der Waals surface area contributed by atoms with E-state index in [0.29, 0.717) is 25.3 Å². The van der Waals surface area contributed by atoms with Crippen molar-refractivity contribution in [3.8, 4) is 0 Å². The lowest BCUT2D eigenvalue weighted by Gasteiger charge is -2.19. The molecule has 3 aromatic rings. The predicted octanol–water partition coefficient (Wildman–Crippen LogP) is 2.89. The lowest BCUT2D eigenvalue weighted by atomic mass is 9.99. The molecule has 1 atom stereocenters. The SMILES string of the molecule is NCCc1nc(C(=O)NC(Cc2ccccc2)c2ccccc2)co1. The molecule has 0 spiro atoms. The molecule has 3 N–H and O–H groups in total. The number of carbonyl (C=O) groups excluding carboxylic acids is 1. The van der Waals surface area contributed by atoms with Gasteiger partial charge in [-0.25, -0.2) is 4.98 Å². The number of nitrogens with zero attached hydrogens (tertiary/aromatic N) is 1. The van der Waals surface area contributed by atoms with E-state index in [4.69, 9.17) is 10.2 Å². The zero-order chi connectivity index (χ0) is 17.5. The van der Waals surface area contributed by atoms with Crippen molar-refractivity contribution in [2.75, 3.05) is 6.54 Å². The molecule has 0 radical (unpaired) electrons. The van der Waals surface area contributed by atoms with E-state index in [1.165, 1.54) is 6.26 Å². The van der Waals surface area contributed by atoms with Crippen LogP contribution in [0.5, 0.6) is 0 Å². The van der Waals surface area contributed by atoms with Crippen LogP contribution in [0.2, 0.25) is 0 Å². The zero-order valence-electron chi connectivity index (χ0n) is 13.9. The van der Waals surface area contributed by atoms with E-state index < -0.39 is 0 Å². The molecule has 0 saturated heterocycles. The van der Waals surface area contributed by atoms with Gasteiger partial charge in [-0.05, 0) is 17.5 Å². The second kappa shape index (κ2) is 8.26. The fourth-order valence-electron chi connectivity index (χ4n) is 2.67. The predicted molar refractivity (Wildman–Crippen MR) is 96.1 cm³/mol. The highest BCUT2D eigenvalue weighted by Crippen LogP contribution is 2.19. The number of oxazole rings is 1. The van der Waals surface area contributed by atoms with E-state index in [-0.39, 0.29) is 17.6 Å². The maximum absolute atomic E-state index is 12.6. The fraction of sp³-hybridized carbons (Fsp3) is 0.200. The summed E-state index contributed by atoms with van der Waals surface area (Å²) >= 11 is 0. The second-order valence-corrected chi connectivity index (χ2v) is 5.79. The summed E-state index contributed by atoms with van der Waals surface area (Å²) < 4.78 is 5.28. The van der Waals surface area contributed by atoms with Gasteiger partial charge in [0.05, 0.1) is 6.04 Å². The average Bonchev–Trinajstić information content (AvgIpc) is 3.12. The Balaban J connectivity index is 1.78. The minimum absolute atomic E-state index is 0.147. The molecule has 5 nitrogen and oxygen atoms in total. The fourth-order valence-corrected chi connectivity index (χ4v) is 2.67. The van der Waals surface area contributed by atoms with Crippen molar-refractivity contribution >= 4 is 5.91 Å². The van der Waals surface area contributed by atoms with E-state index in [9.17, 15) is 4.79 Å².